The number of ether oxygens (including phenoxy) is 1. The minimum Gasteiger partial charge on any atom is -0.378 e. The third-order valence-electron chi connectivity index (χ3n) is 6.71. The fraction of sp³-hybridized carbons (Fsp3) is 0.346. The van der Waals surface area contributed by atoms with Gasteiger partial charge in [-0.05, 0) is 32.0 Å². The molecule has 3 aromatic heterocycles. The van der Waals surface area contributed by atoms with Crippen LogP contribution in [0.1, 0.15) is 29.8 Å². The van der Waals surface area contributed by atoms with Crippen LogP contribution >= 0.6 is 0 Å². The molecule has 0 aliphatic carbocycles. The first-order chi connectivity index (χ1) is 19.0. The van der Waals surface area contributed by atoms with Gasteiger partial charge in [0.25, 0.3) is 11.1 Å². The largest absolute Gasteiger partial charge is 0.419 e. The first-order valence-electron chi connectivity index (χ1n) is 12.4. The van der Waals surface area contributed by atoms with Crippen LogP contribution in [0.15, 0.2) is 46.1 Å². The molecular formula is C26H25F4N7O3. The molecule has 210 valence electrons. The van der Waals surface area contributed by atoms with Gasteiger partial charge in [-0.3, -0.25) is 9.59 Å². The Labute approximate surface area is 224 Å². The second-order valence-corrected chi connectivity index (χ2v) is 9.42. The summed E-state index contributed by atoms with van der Waals surface area (Å²) in [5.74, 6) is -1.35. The first kappa shape index (κ1) is 27.2. The van der Waals surface area contributed by atoms with Crippen LogP contribution in [0.3, 0.4) is 0 Å². The molecule has 0 saturated carbocycles. The second kappa shape index (κ2) is 10.3. The number of morpholine rings is 1. The van der Waals surface area contributed by atoms with E-state index in [4.69, 9.17) is 4.74 Å². The van der Waals surface area contributed by atoms with Crippen LogP contribution in [0.4, 0.5) is 23.4 Å². The van der Waals surface area contributed by atoms with E-state index in [1.54, 1.807) is 24.1 Å². The first-order valence-corrected chi connectivity index (χ1v) is 12.4. The molecule has 1 saturated heterocycles. The average molecular weight is 560 g/mol. The lowest BCUT2D eigenvalue weighted by atomic mass is 10.0. The van der Waals surface area contributed by atoms with Crippen LogP contribution in [-0.4, -0.2) is 51.0 Å². The van der Waals surface area contributed by atoms with Gasteiger partial charge in [-0.1, -0.05) is 12.1 Å². The summed E-state index contributed by atoms with van der Waals surface area (Å²) in [6, 6.07) is 5.27. The number of hydrogen-bond acceptors (Lipinski definition) is 8. The predicted octanol–water partition coefficient (Wildman–Crippen LogP) is 3.16. The highest BCUT2D eigenvalue weighted by Crippen LogP contribution is 2.35. The van der Waals surface area contributed by atoms with Gasteiger partial charge in [0.15, 0.2) is 5.82 Å². The maximum atomic E-state index is 14.9. The number of benzene rings is 1. The summed E-state index contributed by atoms with van der Waals surface area (Å²) in [5, 5.41) is 17.4. The highest BCUT2D eigenvalue weighted by Gasteiger charge is 2.35. The molecule has 10 nitrogen and oxygen atoms in total. The molecule has 0 bridgehead atoms. The molecule has 1 N–H and O–H groups in total. The maximum absolute atomic E-state index is 14.9. The summed E-state index contributed by atoms with van der Waals surface area (Å²) in [6.45, 7) is 4.72. The normalized spacial score (nSPS) is 14.9. The molecule has 0 amide bonds. The number of aromatic nitrogens is 5. The Morgan fingerprint density at radius 2 is 1.77 bits per heavy atom. The van der Waals surface area contributed by atoms with Gasteiger partial charge in [-0.25, -0.2) is 13.7 Å². The van der Waals surface area contributed by atoms with Gasteiger partial charge in [0.1, 0.15) is 5.82 Å². The number of fused-ring (bicyclic) bond motifs is 1. The highest BCUT2D eigenvalue weighted by molar-refractivity contribution is 5.99. The summed E-state index contributed by atoms with van der Waals surface area (Å²) in [4.78, 5) is 27.2. The van der Waals surface area contributed by atoms with Crippen molar-refractivity contribution in [1.29, 1.82) is 0 Å². The van der Waals surface area contributed by atoms with Crippen molar-refractivity contribution in [3.63, 3.8) is 0 Å². The quantitative estimate of drug-likeness (QED) is 0.372. The zero-order chi connectivity index (χ0) is 28.8. The third kappa shape index (κ3) is 4.90. The van der Waals surface area contributed by atoms with E-state index in [1.807, 2.05) is 0 Å². The van der Waals surface area contributed by atoms with E-state index in [0.29, 0.717) is 38.1 Å². The van der Waals surface area contributed by atoms with E-state index >= 15 is 0 Å². The monoisotopic (exact) mass is 559 g/mol. The van der Waals surface area contributed by atoms with Crippen LogP contribution in [0.5, 0.6) is 0 Å². The molecule has 0 radical (unpaired) electrons. The molecule has 1 atom stereocenters. The molecular weight excluding hydrogens is 534 g/mol. The Bertz CT molecular complexity index is 1690. The highest BCUT2D eigenvalue weighted by atomic mass is 19.4. The van der Waals surface area contributed by atoms with Gasteiger partial charge in [0, 0.05) is 18.8 Å². The van der Waals surface area contributed by atoms with Crippen LogP contribution in [-0.2, 0) is 18.0 Å². The number of anilines is 1. The van der Waals surface area contributed by atoms with Crippen molar-refractivity contribution in [2.75, 3.05) is 36.6 Å². The zero-order valence-electron chi connectivity index (χ0n) is 21.8. The van der Waals surface area contributed by atoms with E-state index in [1.165, 1.54) is 30.9 Å². The molecule has 1 fully saturated rings. The molecule has 0 unspecified atom stereocenters. The summed E-state index contributed by atoms with van der Waals surface area (Å²) >= 11 is 0. The molecule has 1 aliphatic rings. The Kier molecular flexibility index (Phi) is 7.04. The topological polar surface area (TPSA) is 107 Å². The van der Waals surface area contributed by atoms with Crippen LogP contribution in [0.25, 0.3) is 22.0 Å². The Morgan fingerprint density at radius 1 is 1.05 bits per heavy atom. The van der Waals surface area contributed by atoms with Crippen molar-refractivity contribution in [3.8, 4) is 11.3 Å². The smallest absolute Gasteiger partial charge is 0.378 e. The predicted molar refractivity (Wildman–Crippen MR) is 139 cm³/mol. The van der Waals surface area contributed by atoms with E-state index in [0.717, 1.165) is 10.7 Å². The second-order valence-electron chi connectivity index (χ2n) is 9.42. The summed E-state index contributed by atoms with van der Waals surface area (Å²) in [6.07, 6.45) is -3.43. The molecule has 4 aromatic rings. The van der Waals surface area contributed by atoms with Gasteiger partial charge in [0.05, 0.1) is 65.6 Å². The van der Waals surface area contributed by atoms with E-state index in [-0.39, 0.29) is 33.4 Å². The Morgan fingerprint density at radius 3 is 2.42 bits per heavy atom. The molecule has 0 spiro atoms. The van der Waals surface area contributed by atoms with E-state index in [2.05, 4.69) is 20.6 Å². The van der Waals surface area contributed by atoms with Crippen molar-refractivity contribution in [1.82, 2.24) is 24.7 Å². The Hall–Kier alpha value is -4.33. The van der Waals surface area contributed by atoms with Crippen molar-refractivity contribution >= 4 is 16.6 Å². The lowest BCUT2D eigenvalue weighted by Gasteiger charge is -2.31. The number of rotatable bonds is 5. The summed E-state index contributed by atoms with van der Waals surface area (Å²) < 4.78 is 62.7. The SMILES string of the molecule is Cc1ccc(-c2c(=O)n(N3CCOCC3)cc3c(N[C@H](C)c4cccc(C(F)(F)F)c4F)nn(C)c(=O)c23)nn1. The van der Waals surface area contributed by atoms with Crippen LogP contribution < -0.4 is 21.4 Å². The lowest BCUT2D eigenvalue weighted by molar-refractivity contribution is -0.140. The number of aryl methyl sites for hydroxylation is 2. The molecule has 4 heterocycles. The van der Waals surface area contributed by atoms with Crippen LogP contribution in [0.2, 0.25) is 0 Å². The zero-order valence-corrected chi connectivity index (χ0v) is 21.8. The molecule has 14 heteroatoms. The standard InChI is InChI=1S/C26H25F4N7O3/c1-14-7-8-19(33-32-14)21-20-17(13-37(25(21)39)36-9-11-40-12-10-36)23(34-35(3)24(20)38)31-15(2)16-5-4-6-18(22(16)27)26(28,29)30/h4-8,13,15H,9-12H2,1-3H3,(H,31,34)/t15-/m1/s1. The van der Waals surface area contributed by atoms with Crippen molar-refractivity contribution in [2.45, 2.75) is 26.1 Å². The fourth-order valence-electron chi connectivity index (χ4n) is 4.66. The summed E-state index contributed by atoms with van der Waals surface area (Å²) in [5.41, 5.74) is -2.00. The maximum Gasteiger partial charge on any atom is 0.419 e. The van der Waals surface area contributed by atoms with Crippen molar-refractivity contribution in [2.24, 2.45) is 7.05 Å². The number of alkyl halides is 3. The van der Waals surface area contributed by atoms with Gasteiger partial charge in [-0.2, -0.15) is 28.5 Å². The van der Waals surface area contributed by atoms with Crippen molar-refractivity contribution in [3.05, 3.63) is 79.9 Å². The minimum atomic E-state index is -4.88. The van der Waals surface area contributed by atoms with E-state index in [9.17, 15) is 27.2 Å². The number of hydrogen-bond donors (Lipinski definition) is 1. The number of nitrogens with one attached hydrogen (secondary N) is 1. The van der Waals surface area contributed by atoms with E-state index < -0.39 is 34.7 Å². The molecule has 40 heavy (non-hydrogen) atoms. The number of nitrogens with zero attached hydrogens (tertiary/aromatic N) is 6. The number of pyridine rings is 1. The molecule has 5 rings (SSSR count). The van der Waals surface area contributed by atoms with Crippen LogP contribution in [0, 0.1) is 12.7 Å². The van der Waals surface area contributed by atoms with Gasteiger partial charge in [0.2, 0.25) is 0 Å². The number of halogens is 4. The molecule has 1 aromatic carbocycles. The lowest BCUT2D eigenvalue weighted by Crippen LogP contribution is -2.49. The van der Waals surface area contributed by atoms with Gasteiger partial charge < -0.3 is 15.1 Å². The average Bonchev–Trinajstić information content (AvgIpc) is 2.92. The van der Waals surface area contributed by atoms with Gasteiger partial charge in [-0.15, -0.1) is 0 Å². The summed E-state index contributed by atoms with van der Waals surface area (Å²) in [7, 11) is 1.38. The van der Waals surface area contributed by atoms with Gasteiger partial charge >= 0.3 is 6.18 Å². The minimum absolute atomic E-state index is 0.00984. The fourth-order valence-corrected chi connectivity index (χ4v) is 4.66. The Balaban J connectivity index is 1.74. The third-order valence-corrected chi connectivity index (χ3v) is 6.71. The molecule has 1 aliphatic heterocycles. The van der Waals surface area contributed by atoms with Crippen molar-refractivity contribution < 1.29 is 22.3 Å².